The fraction of sp³-hybridized carbons (Fsp3) is 0.588. The standard InChI is InChI=1S/C17H27NO3/c1-4-15(16-9-7-6-8-10-16)13-18-17(19)14(3)21-12-11-20-5-2/h6-10,14-15H,4-5,11-13H2,1-3H3,(H,18,19)/t14-,15-/m0/s1. The maximum absolute atomic E-state index is 12.0. The lowest BCUT2D eigenvalue weighted by atomic mass is 9.96. The van der Waals surface area contributed by atoms with Gasteiger partial charge in [0.1, 0.15) is 6.10 Å². The summed E-state index contributed by atoms with van der Waals surface area (Å²) < 4.78 is 10.6. The van der Waals surface area contributed by atoms with Crippen LogP contribution < -0.4 is 5.32 Å². The highest BCUT2D eigenvalue weighted by Gasteiger charge is 2.15. The maximum atomic E-state index is 12.0. The molecule has 0 aliphatic carbocycles. The van der Waals surface area contributed by atoms with Gasteiger partial charge < -0.3 is 14.8 Å². The fourth-order valence-electron chi connectivity index (χ4n) is 2.09. The highest BCUT2D eigenvalue weighted by atomic mass is 16.5. The molecule has 1 aromatic carbocycles. The number of nitrogens with one attached hydrogen (secondary N) is 1. The molecule has 0 heterocycles. The average molecular weight is 293 g/mol. The van der Waals surface area contributed by atoms with Crippen molar-refractivity contribution in [3.8, 4) is 0 Å². The molecular formula is C17H27NO3. The Kier molecular flexibility index (Phi) is 8.71. The highest BCUT2D eigenvalue weighted by Crippen LogP contribution is 2.17. The van der Waals surface area contributed by atoms with Gasteiger partial charge in [-0.1, -0.05) is 37.3 Å². The molecule has 0 spiro atoms. The van der Waals surface area contributed by atoms with Crippen molar-refractivity contribution >= 4 is 5.91 Å². The molecule has 0 fully saturated rings. The first kappa shape index (κ1) is 17.7. The van der Waals surface area contributed by atoms with E-state index >= 15 is 0 Å². The lowest BCUT2D eigenvalue weighted by Crippen LogP contribution is -2.37. The van der Waals surface area contributed by atoms with E-state index in [9.17, 15) is 4.79 Å². The molecule has 0 saturated heterocycles. The van der Waals surface area contributed by atoms with Crippen molar-refractivity contribution in [1.82, 2.24) is 5.32 Å². The zero-order chi connectivity index (χ0) is 15.5. The molecule has 1 rings (SSSR count). The van der Waals surface area contributed by atoms with Crippen molar-refractivity contribution in [3.05, 3.63) is 35.9 Å². The molecule has 2 atom stereocenters. The van der Waals surface area contributed by atoms with Crippen molar-refractivity contribution < 1.29 is 14.3 Å². The summed E-state index contributed by atoms with van der Waals surface area (Å²) >= 11 is 0. The molecular weight excluding hydrogens is 266 g/mol. The molecule has 118 valence electrons. The maximum Gasteiger partial charge on any atom is 0.248 e. The zero-order valence-corrected chi connectivity index (χ0v) is 13.3. The monoisotopic (exact) mass is 293 g/mol. The molecule has 1 aromatic rings. The van der Waals surface area contributed by atoms with Gasteiger partial charge in [0.25, 0.3) is 0 Å². The predicted molar refractivity (Wildman–Crippen MR) is 84.4 cm³/mol. The normalized spacial score (nSPS) is 13.7. The minimum atomic E-state index is -0.446. The molecule has 4 heteroatoms. The first-order valence-corrected chi connectivity index (χ1v) is 7.71. The average Bonchev–Trinajstić information content (AvgIpc) is 2.52. The second kappa shape index (κ2) is 10.4. The summed E-state index contributed by atoms with van der Waals surface area (Å²) in [4.78, 5) is 12.0. The zero-order valence-electron chi connectivity index (χ0n) is 13.3. The SMILES string of the molecule is CCOCCO[C@@H](C)C(=O)NC[C@H](CC)c1ccccc1. The van der Waals surface area contributed by atoms with E-state index in [1.54, 1.807) is 6.92 Å². The number of carbonyl (C=O) groups excluding carboxylic acids is 1. The van der Waals surface area contributed by atoms with E-state index in [1.807, 2.05) is 25.1 Å². The van der Waals surface area contributed by atoms with Gasteiger partial charge in [0.05, 0.1) is 13.2 Å². The first-order chi connectivity index (χ1) is 10.2. The number of hydrogen-bond donors (Lipinski definition) is 1. The minimum absolute atomic E-state index is 0.0686. The van der Waals surface area contributed by atoms with Gasteiger partial charge in [-0.2, -0.15) is 0 Å². The Bertz CT molecular complexity index is 394. The Hall–Kier alpha value is -1.39. The first-order valence-electron chi connectivity index (χ1n) is 7.71. The van der Waals surface area contributed by atoms with E-state index in [0.29, 0.717) is 32.3 Å². The molecule has 4 nitrogen and oxygen atoms in total. The van der Waals surface area contributed by atoms with Crippen LogP contribution in [0.4, 0.5) is 0 Å². The van der Waals surface area contributed by atoms with E-state index in [2.05, 4.69) is 24.4 Å². The van der Waals surface area contributed by atoms with Crippen LogP contribution in [0.1, 0.15) is 38.7 Å². The summed E-state index contributed by atoms with van der Waals surface area (Å²) in [5.41, 5.74) is 1.25. The molecule has 0 aromatic heterocycles. The molecule has 0 bridgehead atoms. The number of ether oxygens (including phenoxy) is 2. The van der Waals surface area contributed by atoms with Gasteiger partial charge in [0, 0.05) is 19.1 Å². The van der Waals surface area contributed by atoms with E-state index < -0.39 is 6.10 Å². The second-order valence-electron chi connectivity index (χ2n) is 4.97. The van der Waals surface area contributed by atoms with Crippen LogP contribution in [0.5, 0.6) is 0 Å². The number of benzene rings is 1. The van der Waals surface area contributed by atoms with E-state index in [1.165, 1.54) is 5.56 Å². The summed E-state index contributed by atoms with van der Waals surface area (Å²) in [6.45, 7) is 8.10. The number of amides is 1. The Morgan fingerprint density at radius 2 is 1.90 bits per heavy atom. The third kappa shape index (κ3) is 6.74. The summed E-state index contributed by atoms with van der Waals surface area (Å²) in [5, 5.41) is 2.97. The summed E-state index contributed by atoms with van der Waals surface area (Å²) in [5.74, 6) is 0.270. The summed E-state index contributed by atoms with van der Waals surface area (Å²) in [6, 6.07) is 10.3. The molecule has 21 heavy (non-hydrogen) atoms. The molecule has 0 saturated carbocycles. The van der Waals surface area contributed by atoms with E-state index in [0.717, 1.165) is 6.42 Å². The van der Waals surface area contributed by atoms with Gasteiger partial charge in [0.2, 0.25) is 5.91 Å². The third-order valence-electron chi connectivity index (χ3n) is 3.46. The van der Waals surface area contributed by atoms with Crippen LogP contribution in [0.2, 0.25) is 0 Å². The largest absolute Gasteiger partial charge is 0.379 e. The van der Waals surface area contributed by atoms with Gasteiger partial charge in [-0.3, -0.25) is 4.79 Å². The topological polar surface area (TPSA) is 47.6 Å². The van der Waals surface area contributed by atoms with Crippen LogP contribution in [0.3, 0.4) is 0 Å². The van der Waals surface area contributed by atoms with Gasteiger partial charge in [-0.25, -0.2) is 0 Å². The lowest BCUT2D eigenvalue weighted by molar-refractivity contribution is -0.132. The van der Waals surface area contributed by atoms with Crippen LogP contribution in [0.25, 0.3) is 0 Å². The van der Waals surface area contributed by atoms with Gasteiger partial charge in [-0.15, -0.1) is 0 Å². The summed E-state index contributed by atoms with van der Waals surface area (Å²) in [6.07, 6.45) is 0.544. The number of carbonyl (C=O) groups is 1. The Morgan fingerprint density at radius 1 is 1.19 bits per heavy atom. The summed E-state index contributed by atoms with van der Waals surface area (Å²) in [7, 11) is 0. The van der Waals surface area contributed by atoms with Gasteiger partial charge in [0.15, 0.2) is 0 Å². The van der Waals surface area contributed by atoms with Crippen molar-refractivity contribution in [2.24, 2.45) is 0 Å². The Morgan fingerprint density at radius 3 is 2.52 bits per heavy atom. The van der Waals surface area contributed by atoms with Crippen molar-refractivity contribution in [2.45, 2.75) is 39.2 Å². The van der Waals surface area contributed by atoms with Gasteiger partial charge >= 0.3 is 0 Å². The van der Waals surface area contributed by atoms with Crippen LogP contribution >= 0.6 is 0 Å². The van der Waals surface area contributed by atoms with Crippen LogP contribution in [0.15, 0.2) is 30.3 Å². The molecule has 0 aliphatic rings. The minimum Gasteiger partial charge on any atom is -0.379 e. The van der Waals surface area contributed by atoms with Crippen LogP contribution in [-0.2, 0) is 14.3 Å². The predicted octanol–water partition coefficient (Wildman–Crippen LogP) is 2.74. The van der Waals surface area contributed by atoms with Crippen molar-refractivity contribution in [3.63, 3.8) is 0 Å². The Labute approximate surface area is 127 Å². The van der Waals surface area contributed by atoms with E-state index in [-0.39, 0.29) is 5.91 Å². The quantitative estimate of drug-likeness (QED) is 0.675. The van der Waals surface area contributed by atoms with Crippen LogP contribution in [0, 0.1) is 0 Å². The molecule has 1 N–H and O–H groups in total. The lowest BCUT2D eigenvalue weighted by Gasteiger charge is -2.18. The molecule has 0 unspecified atom stereocenters. The Balaban J connectivity index is 2.33. The van der Waals surface area contributed by atoms with Crippen LogP contribution in [-0.4, -0.2) is 38.4 Å². The fourth-order valence-corrected chi connectivity index (χ4v) is 2.09. The highest BCUT2D eigenvalue weighted by molar-refractivity contribution is 5.80. The second-order valence-corrected chi connectivity index (χ2v) is 4.97. The third-order valence-corrected chi connectivity index (χ3v) is 3.46. The number of hydrogen-bond acceptors (Lipinski definition) is 3. The molecule has 0 radical (unpaired) electrons. The van der Waals surface area contributed by atoms with Gasteiger partial charge in [-0.05, 0) is 25.8 Å². The molecule has 1 amide bonds. The molecule has 0 aliphatic heterocycles. The number of rotatable bonds is 10. The van der Waals surface area contributed by atoms with Crippen molar-refractivity contribution in [2.75, 3.05) is 26.4 Å². The van der Waals surface area contributed by atoms with Crippen molar-refractivity contribution in [1.29, 1.82) is 0 Å². The smallest absolute Gasteiger partial charge is 0.248 e. The van der Waals surface area contributed by atoms with E-state index in [4.69, 9.17) is 9.47 Å².